The molecule has 1 aliphatic heterocycles. The lowest BCUT2D eigenvalue weighted by atomic mass is 9.87. The van der Waals surface area contributed by atoms with Crippen LogP contribution in [-0.2, 0) is 6.42 Å². The lowest BCUT2D eigenvalue weighted by Gasteiger charge is -2.30. The topological polar surface area (TPSA) is 39.7 Å². The molecule has 0 radical (unpaired) electrons. The van der Waals surface area contributed by atoms with Crippen LogP contribution in [0.3, 0.4) is 0 Å². The van der Waals surface area contributed by atoms with E-state index in [9.17, 15) is 0 Å². The van der Waals surface area contributed by atoms with Gasteiger partial charge in [-0.2, -0.15) is 0 Å². The quantitative estimate of drug-likeness (QED) is 0.664. The van der Waals surface area contributed by atoms with Gasteiger partial charge in [0.05, 0.1) is 26.4 Å². The van der Waals surface area contributed by atoms with Gasteiger partial charge in [-0.1, -0.05) is 30.3 Å². The monoisotopic (exact) mass is 377 g/mol. The van der Waals surface area contributed by atoms with Gasteiger partial charge in [-0.15, -0.1) is 0 Å². The van der Waals surface area contributed by atoms with E-state index in [4.69, 9.17) is 14.2 Å². The lowest BCUT2D eigenvalue weighted by Crippen LogP contribution is -2.30. The number of hydrogen-bond donors (Lipinski definition) is 1. The Balaban J connectivity index is 1.86. The Labute approximate surface area is 166 Å². The molecule has 146 valence electrons. The highest BCUT2D eigenvalue weighted by molar-refractivity contribution is 5.91. The molecule has 4 rings (SSSR count). The molecule has 1 heterocycles. The molecule has 0 aromatic heterocycles. The number of ether oxygens (including phenoxy) is 3. The molecule has 0 saturated carbocycles. The molecule has 4 heteroatoms. The molecule has 0 fully saturated rings. The zero-order valence-electron chi connectivity index (χ0n) is 16.7. The number of methoxy groups -OCH3 is 1. The van der Waals surface area contributed by atoms with E-state index in [-0.39, 0.29) is 6.04 Å². The van der Waals surface area contributed by atoms with Crippen molar-refractivity contribution in [3.63, 3.8) is 0 Å². The minimum Gasteiger partial charge on any atom is -0.496 e. The molecular weight excluding hydrogens is 350 g/mol. The third-order valence-electron chi connectivity index (χ3n) is 5.31. The average molecular weight is 377 g/mol. The van der Waals surface area contributed by atoms with E-state index in [1.165, 1.54) is 22.1 Å². The van der Waals surface area contributed by atoms with Crippen LogP contribution in [0.4, 0.5) is 0 Å². The standard InChI is InChI=1S/C24H27NO3/c1-4-27-22-14-16-12-13-25-24(20(16)15-23(22)28-5-2)19-10-11-21(26-3)18-9-7-6-8-17(18)19/h6-11,14-15,24-25H,4-5,12-13H2,1-3H3/t24-/m1/s1. The Morgan fingerprint density at radius 1 is 0.857 bits per heavy atom. The van der Waals surface area contributed by atoms with E-state index in [0.29, 0.717) is 13.2 Å². The van der Waals surface area contributed by atoms with Crippen LogP contribution in [0.2, 0.25) is 0 Å². The third-order valence-corrected chi connectivity index (χ3v) is 5.31. The predicted molar refractivity (Wildman–Crippen MR) is 113 cm³/mol. The zero-order chi connectivity index (χ0) is 19.5. The molecule has 1 atom stereocenters. The summed E-state index contributed by atoms with van der Waals surface area (Å²) in [6, 6.07) is 17.1. The van der Waals surface area contributed by atoms with Gasteiger partial charge in [0.1, 0.15) is 5.75 Å². The van der Waals surface area contributed by atoms with Crippen LogP contribution < -0.4 is 19.5 Å². The van der Waals surface area contributed by atoms with Crippen molar-refractivity contribution in [2.24, 2.45) is 0 Å². The molecule has 4 nitrogen and oxygen atoms in total. The fourth-order valence-corrected chi connectivity index (χ4v) is 4.10. The first-order valence-electron chi connectivity index (χ1n) is 9.98. The van der Waals surface area contributed by atoms with Gasteiger partial charge in [0, 0.05) is 11.9 Å². The summed E-state index contributed by atoms with van der Waals surface area (Å²) in [5, 5.41) is 6.04. The van der Waals surface area contributed by atoms with Crippen molar-refractivity contribution in [3.8, 4) is 17.2 Å². The van der Waals surface area contributed by atoms with E-state index in [0.717, 1.165) is 35.6 Å². The second kappa shape index (κ2) is 8.11. The number of benzene rings is 3. The Bertz CT molecular complexity index is 983. The van der Waals surface area contributed by atoms with Crippen molar-refractivity contribution in [1.82, 2.24) is 5.32 Å². The van der Waals surface area contributed by atoms with Gasteiger partial charge in [-0.3, -0.25) is 0 Å². The third kappa shape index (κ3) is 3.29. The van der Waals surface area contributed by atoms with Crippen LogP contribution in [0.1, 0.15) is 36.6 Å². The highest BCUT2D eigenvalue weighted by atomic mass is 16.5. The van der Waals surface area contributed by atoms with Crippen LogP contribution in [0.15, 0.2) is 48.5 Å². The first kappa shape index (κ1) is 18.6. The molecule has 3 aromatic rings. The van der Waals surface area contributed by atoms with Crippen molar-refractivity contribution in [2.45, 2.75) is 26.3 Å². The maximum absolute atomic E-state index is 5.89. The van der Waals surface area contributed by atoms with Gasteiger partial charge in [-0.25, -0.2) is 0 Å². The van der Waals surface area contributed by atoms with Crippen molar-refractivity contribution < 1.29 is 14.2 Å². The van der Waals surface area contributed by atoms with Gasteiger partial charge in [-0.05, 0) is 60.5 Å². The molecule has 28 heavy (non-hydrogen) atoms. The SMILES string of the molecule is CCOc1cc2c(cc1OCC)[C@@H](c1ccc(OC)c3ccccc13)NCC2. The van der Waals surface area contributed by atoms with Crippen LogP contribution in [0.5, 0.6) is 17.2 Å². The Hall–Kier alpha value is -2.72. The smallest absolute Gasteiger partial charge is 0.161 e. The van der Waals surface area contributed by atoms with E-state index in [1.807, 2.05) is 13.8 Å². The lowest BCUT2D eigenvalue weighted by molar-refractivity contribution is 0.286. The average Bonchev–Trinajstić information content (AvgIpc) is 2.73. The van der Waals surface area contributed by atoms with Gasteiger partial charge < -0.3 is 19.5 Å². The van der Waals surface area contributed by atoms with E-state index in [2.05, 4.69) is 53.8 Å². The summed E-state index contributed by atoms with van der Waals surface area (Å²) >= 11 is 0. The van der Waals surface area contributed by atoms with Crippen molar-refractivity contribution in [1.29, 1.82) is 0 Å². The fourth-order valence-electron chi connectivity index (χ4n) is 4.10. The molecule has 0 bridgehead atoms. The van der Waals surface area contributed by atoms with Crippen LogP contribution in [-0.4, -0.2) is 26.9 Å². The minimum atomic E-state index is 0.106. The first-order valence-corrected chi connectivity index (χ1v) is 9.98. The van der Waals surface area contributed by atoms with Crippen LogP contribution in [0, 0.1) is 0 Å². The maximum atomic E-state index is 5.89. The van der Waals surface area contributed by atoms with Gasteiger partial charge in [0.15, 0.2) is 11.5 Å². The van der Waals surface area contributed by atoms with Gasteiger partial charge in [0.2, 0.25) is 0 Å². The molecule has 0 amide bonds. The van der Waals surface area contributed by atoms with Crippen LogP contribution >= 0.6 is 0 Å². The highest BCUT2D eigenvalue weighted by Gasteiger charge is 2.26. The molecule has 0 spiro atoms. The van der Waals surface area contributed by atoms with E-state index in [1.54, 1.807) is 7.11 Å². The normalized spacial score (nSPS) is 15.9. The molecule has 0 unspecified atom stereocenters. The molecular formula is C24H27NO3. The Kier molecular flexibility index (Phi) is 5.40. The predicted octanol–water partition coefficient (Wildman–Crippen LogP) is 4.88. The summed E-state index contributed by atoms with van der Waals surface area (Å²) in [6.07, 6.45) is 0.979. The number of rotatable bonds is 6. The molecule has 3 aromatic carbocycles. The van der Waals surface area contributed by atoms with Gasteiger partial charge >= 0.3 is 0 Å². The Morgan fingerprint density at radius 2 is 1.57 bits per heavy atom. The molecule has 1 N–H and O–H groups in total. The first-order chi connectivity index (χ1) is 13.8. The molecule has 1 aliphatic rings. The largest absolute Gasteiger partial charge is 0.496 e. The van der Waals surface area contributed by atoms with Crippen molar-refractivity contribution in [3.05, 3.63) is 65.2 Å². The summed E-state index contributed by atoms with van der Waals surface area (Å²) in [5.74, 6) is 2.55. The summed E-state index contributed by atoms with van der Waals surface area (Å²) in [4.78, 5) is 0. The summed E-state index contributed by atoms with van der Waals surface area (Å²) in [7, 11) is 1.72. The van der Waals surface area contributed by atoms with Crippen molar-refractivity contribution in [2.75, 3.05) is 26.9 Å². The number of nitrogens with one attached hydrogen (secondary N) is 1. The second-order valence-corrected chi connectivity index (χ2v) is 6.90. The maximum Gasteiger partial charge on any atom is 0.161 e. The summed E-state index contributed by atoms with van der Waals surface area (Å²) in [5.41, 5.74) is 3.83. The van der Waals surface area contributed by atoms with E-state index < -0.39 is 0 Å². The second-order valence-electron chi connectivity index (χ2n) is 6.90. The molecule has 0 aliphatic carbocycles. The van der Waals surface area contributed by atoms with E-state index >= 15 is 0 Å². The Morgan fingerprint density at radius 3 is 2.29 bits per heavy atom. The fraction of sp³-hybridized carbons (Fsp3) is 0.333. The van der Waals surface area contributed by atoms with Gasteiger partial charge in [0.25, 0.3) is 0 Å². The summed E-state index contributed by atoms with van der Waals surface area (Å²) in [6.45, 7) is 6.18. The minimum absolute atomic E-state index is 0.106. The number of fused-ring (bicyclic) bond motifs is 2. The zero-order valence-corrected chi connectivity index (χ0v) is 16.7. The summed E-state index contributed by atoms with van der Waals surface area (Å²) < 4.78 is 17.3. The number of hydrogen-bond acceptors (Lipinski definition) is 4. The van der Waals surface area contributed by atoms with Crippen molar-refractivity contribution >= 4 is 10.8 Å². The molecule has 0 saturated heterocycles. The van der Waals surface area contributed by atoms with Crippen LogP contribution in [0.25, 0.3) is 10.8 Å². The highest BCUT2D eigenvalue weighted by Crippen LogP contribution is 2.40.